The molecule has 1 aromatic carbocycles. The number of nitrogens with zero attached hydrogens (tertiary/aromatic N) is 1. The third kappa shape index (κ3) is 5.40. The molecule has 7 heteroatoms. The van der Waals surface area contributed by atoms with Gasteiger partial charge in [0, 0.05) is 17.2 Å². The molecule has 0 amide bonds. The van der Waals surface area contributed by atoms with Crippen LogP contribution in [-0.4, -0.2) is 34.0 Å². The quantitative estimate of drug-likeness (QED) is 0.581. The predicted molar refractivity (Wildman–Crippen MR) is 123 cm³/mol. The predicted octanol–water partition coefficient (Wildman–Crippen LogP) is 3.23. The number of ether oxygens (including phenoxy) is 1. The van der Waals surface area contributed by atoms with E-state index in [2.05, 4.69) is 16.8 Å². The molecule has 164 valence electrons. The summed E-state index contributed by atoms with van der Waals surface area (Å²) < 4.78 is 18.4. The van der Waals surface area contributed by atoms with Crippen LogP contribution in [0, 0.1) is 11.8 Å². The normalized spacial score (nSPS) is 18.3. The number of hydrogen-bond donors (Lipinski definition) is 2. The molecule has 6 nitrogen and oxygen atoms in total. The summed E-state index contributed by atoms with van der Waals surface area (Å²) in [5.74, 6) is 6.57. The lowest BCUT2D eigenvalue weighted by Gasteiger charge is -2.32. The summed E-state index contributed by atoms with van der Waals surface area (Å²) in [6, 6.07) is 9.52. The first-order chi connectivity index (χ1) is 14.3. The lowest BCUT2D eigenvalue weighted by molar-refractivity contribution is 0.00578. The highest BCUT2D eigenvalue weighted by atomic mass is 16.7. The van der Waals surface area contributed by atoms with E-state index in [1.807, 2.05) is 65.0 Å². The number of pyridine rings is 1. The average Bonchev–Trinajstić information content (AvgIpc) is 2.89. The maximum absolute atomic E-state index is 9.82. The van der Waals surface area contributed by atoms with E-state index in [4.69, 9.17) is 19.8 Å². The lowest BCUT2D eigenvalue weighted by Crippen LogP contribution is -2.41. The summed E-state index contributed by atoms with van der Waals surface area (Å²) in [5.41, 5.74) is 6.62. The van der Waals surface area contributed by atoms with Crippen molar-refractivity contribution < 1.29 is 19.2 Å². The first kappa shape index (κ1) is 23.1. The average molecular weight is 422 g/mol. The number of aromatic nitrogens is 1. The first-order valence-electron chi connectivity index (χ1n) is 10.4. The van der Waals surface area contributed by atoms with Gasteiger partial charge in [-0.2, -0.15) is 0 Å². The van der Waals surface area contributed by atoms with Crippen LogP contribution < -0.4 is 15.9 Å². The number of hydrogen-bond acceptors (Lipinski definition) is 6. The number of rotatable bonds is 4. The van der Waals surface area contributed by atoms with Gasteiger partial charge in [0.05, 0.1) is 11.2 Å². The molecule has 0 spiro atoms. The van der Waals surface area contributed by atoms with Crippen LogP contribution in [0.25, 0.3) is 0 Å². The standard InChI is InChI=1S/C24H31BN2O4/c1-16(18-10-8-9-17(13-18)11-12-22(2,3)28)29-20-14-19(15-27-21(20)26)25-30-23(4,5)24(6,7)31-25/h8-10,13-16,28H,1-7H3,(H2,26,27). The van der Waals surface area contributed by atoms with E-state index < -0.39 is 23.9 Å². The maximum Gasteiger partial charge on any atom is 0.496 e. The minimum absolute atomic E-state index is 0.290. The summed E-state index contributed by atoms with van der Waals surface area (Å²) >= 11 is 0. The molecular formula is C24H31BN2O4. The van der Waals surface area contributed by atoms with Crippen molar-refractivity contribution in [2.75, 3.05) is 5.73 Å². The van der Waals surface area contributed by atoms with Gasteiger partial charge in [0.25, 0.3) is 0 Å². The second-order valence-electron chi connectivity index (χ2n) is 9.43. The van der Waals surface area contributed by atoms with Crippen molar-refractivity contribution in [3.63, 3.8) is 0 Å². The van der Waals surface area contributed by atoms with E-state index in [1.165, 1.54) is 0 Å². The van der Waals surface area contributed by atoms with Gasteiger partial charge in [-0.3, -0.25) is 0 Å². The van der Waals surface area contributed by atoms with Crippen LogP contribution in [0.4, 0.5) is 5.82 Å². The topological polar surface area (TPSA) is 86.8 Å². The Balaban J connectivity index is 1.80. The van der Waals surface area contributed by atoms with Crippen molar-refractivity contribution in [1.82, 2.24) is 4.98 Å². The molecule has 0 bridgehead atoms. The zero-order valence-electron chi connectivity index (χ0n) is 19.3. The Hall–Kier alpha value is -2.53. The summed E-state index contributed by atoms with van der Waals surface area (Å²) in [4.78, 5) is 4.28. The first-order valence-corrected chi connectivity index (χ1v) is 10.4. The van der Waals surface area contributed by atoms with Gasteiger partial charge in [-0.15, -0.1) is 0 Å². The highest BCUT2D eigenvalue weighted by Crippen LogP contribution is 2.37. The molecule has 1 aliphatic heterocycles. The van der Waals surface area contributed by atoms with E-state index in [0.29, 0.717) is 11.6 Å². The van der Waals surface area contributed by atoms with Crippen LogP contribution in [0.5, 0.6) is 5.75 Å². The summed E-state index contributed by atoms with van der Waals surface area (Å²) in [5, 5.41) is 9.82. The zero-order valence-corrected chi connectivity index (χ0v) is 19.3. The van der Waals surface area contributed by atoms with E-state index in [9.17, 15) is 5.11 Å². The summed E-state index contributed by atoms with van der Waals surface area (Å²) in [6.45, 7) is 13.3. The Labute approximate surface area is 185 Å². The van der Waals surface area contributed by atoms with Gasteiger partial charge in [-0.25, -0.2) is 4.98 Å². The number of nitrogens with two attached hydrogens (primary N) is 1. The second kappa shape index (κ2) is 8.20. The fraction of sp³-hybridized carbons (Fsp3) is 0.458. The van der Waals surface area contributed by atoms with Crippen molar-refractivity contribution in [1.29, 1.82) is 0 Å². The highest BCUT2D eigenvalue weighted by Gasteiger charge is 2.52. The SMILES string of the molecule is CC(Oc1cc(B2OC(C)(C)C(C)(C)O2)cnc1N)c1cccc(C#CC(C)(C)O)c1. The van der Waals surface area contributed by atoms with E-state index >= 15 is 0 Å². The Morgan fingerprint density at radius 1 is 1.16 bits per heavy atom. The molecule has 1 aromatic heterocycles. The van der Waals surface area contributed by atoms with Crippen molar-refractivity contribution in [2.45, 2.75) is 71.4 Å². The minimum atomic E-state index is -1.05. The Kier molecular flexibility index (Phi) is 6.12. The van der Waals surface area contributed by atoms with Gasteiger partial charge in [0.15, 0.2) is 11.6 Å². The lowest BCUT2D eigenvalue weighted by atomic mass is 9.80. The molecule has 1 fully saturated rings. The van der Waals surface area contributed by atoms with Crippen LogP contribution in [0.15, 0.2) is 36.5 Å². The van der Waals surface area contributed by atoms with Gasteiger partial charge in [0.1, 0.15) is 11.7 Å². The molecule has 2 aromatic rings. The molecule has 1 atom stereocenters. The number of benzene rings is 1. The van der Waals surface area contributed by atoms with Crippen molar-refractivity contribution in [3.05, 3.63) is 47.7 Å². The third-order valence-electron chi connectivity index (χ3n) is 5.60. The molecule has 0 saturated carbocycles. The summed E-state index contributed by atoms with van der Waals surface area (Å²) in [6.07, 6.45) is 1.36. The maximum atomic E-state index is 9.82. The number of aliphatic hydroxyl groups is 1. The van der Waals surface area contributed by atoms with Crippen molar-refractivity contribution in [3.8, 4) is 17.6 Å². The van der Waals surface area contributed by atoms with Crippen molar-refractivity contribution >= 4 is 18.4 Å². The molecule has 2 heterocycles. The monoisotopic (exact) mass is 422 g/mol. The second-order valence-corrected chi connectivity index (χ2v) is 9.43. The molecular weight excluding hydrogens is 391 g/mol. The zero-order chi connectivity index (χ0) is 23.0. The molecule has 1 aliphatic rings. The fourth-order valence-corrected chi connectivity index (χ4v) is 3.03. The van der Waals surface area contributed by atoms with Crippen LogP contribution >= 0.6 is 0 Å². The van der Waals surface area contributed by atoms with Gasteiger partial charge < -0.3 is 24.9 Å². The Morgan fingerprint density at radius 2 is 1.81 bits per heavy atom. The van der Waals surface area contributed by atoms with E-state index in [-0.39, 0.29) is 6.10 Å². The Morgan fingerprint density at radius 3 is 2.42 bits per heavy atom. The van der Waals surface area contributed by atoms with Crippen LogP contribution in [-0.2, 0) is 9.31 Å². The minimum Gasteiger partial charge on any atom is -0.482 e. The molecule has 0 radical (unpaired) electrons. The van der Waals surface area contributed by atoms with Gasteiger partial charge in [0.2, 0.25) is 0 Å². The Bertz CT molecular complexity index is 1000. The summed E-state index contributed by atoms with van der Waals surface area (Å²) in [7, 11) is -0.545. The molecule has 3 N–H and O–H groups in total. The van der Waals surface area contributed by atoms with Gasteiger partial charge in [-0.05, 0) is 72.2 Å². The van der Waals surface area contributed by atoms with E-state index in [1.54, 1.807) is 20.0 Å². The molecule has 3 rings (SSSR count). The third-order valence-corrected chi connectivity index (χ3v) is 5.60. The van der Waals surface area contributed by atoms with Crippen LogP contribution in [0.2, 0.25) is 0 Å². The highest BCUT2D eigenvalue weighted by molar-refractivity contribution is 6.62. The van der Waals surface area contributed by atoms with Gasteiger partial charge in [-0.1, -0.05) is 24.0 Å². The largest absolute Gasteiger partial charge is 0.496 e. The number of anilines is 1. The molecule has 1 unspecified atom stereocenters. The molecule has 31 heavy (non-hydrogen) atoms. The van der Waals surface area contributed by atoms with Gasteiger partial charge >= 0.3 is 7.12 Å². The molecule has 1 saturated heterocycles. The number of nitrogen functional groups attached to an aromatic ring is 1. The van der Waals surface area contributed by atoms with Crippen LogP contribution in [0.3, 0.4) is 0 Å². The van der Waals surface area contributed by atoms with E-state index in [0.717, 1.165) is 16.6 Å². The van der Waals surface area contributed by atoms with Crippen LogP contribution in [0.1, 0.15) is 65.7 Å². The smallest absolute Gasteiger partial charge is 0.482 e. The molecule has 0 aliphatic carbocycles. The fourth-order valence-electron chi connectivity index (χ4n) is 3.03. The van der Waals surface area contributed by atoms with Crippen molar-refractivity contribution in [2.24, 2.45) is 0 Å².